The molecule has 1 aliphatic heterocycles. The van der Waals surface area contributed by atoms with E-state index in [4.69, 9.17) is 4.52 Å². The summed E-state index contributed by atoms with van der Waals surface area (Å²) in [6.45, 7) is 3.39. The first kappa shape index (κ1) is 20.4. The second kappa shape index (κ2) is 8.57. The van der Waals surface area contributed by atoms with E-state index < -0.39 is 0 Å². The molecule has 1 unspecified atom stereocenters. The maximum absolute atomic E-state index is 12.6. The predicted molar refractivity (Wildman–Crippen MR) is 122 cm³/mol. The van der Waals surface area contributed by atoms with E-state index >= 15 is 0 Å². The Labute approximate surface area is 187 Å². The average Bonchev–Trinajstić information content (AvgIpc) is 3.54. The van der Waals surface area contributed by atoms with Crippen LogP contribution in [0.4, 0.5) is 0 Å². The maximum Gasteiger partial charge on any atom is 0.231 e. The number of amides is 1. The van der Waals surface area contributed by atoms with E-state index in [9.17, 15) is 4.79 Å². The number of rotatable bonds is 6. The zero-order valence-electron chi connectivity index (χ0n) is 18.5. The Balaban J connectivity index is 1.21. The molecule has 0 radical (unpaired) electrons. The lowest BCUT2D eigenvalue weighted by molar-refractivity contribution is -0.130. The molecule has 0 N–H and O–H groups in total. The lowest BCUT2D eigenvalue weighted by atomic mass is 10.1. The summed E-state index contributed by atoms with van der Waals surface area (Å²) in [5.74, 6) is 1.49. The molecule has 32 heavy (non-hydrogen) atoms. The van der Waals surface area contributed by atoms with E-state index in [1.54, 1.807) is 0 Å². The van der Waals surface area contributed by atoms with Crippen molar-refractivity contribution in [3.05, 3.63) is 65.7 Å². The number of hydrogen-bond donors (Lipinski definition) is 0. The van der Waals surface area contributed by atoms with Crippen LogP contribution >= 0.6 is 0 Å². The van der Waals surface area contributed by atoms with E-state index in [1.165, 1.54) is 5.56 Å². The number of benzene rings is 2. The minimum absolute atomic E-state index is 0.0944. The molecule has 2 aromatic heterocycles. The third-order valence-electron chi connectivity index (χ3n) is 6.33. The lowest BCUT2D eigenvalue weighted by Crippen LogP contribution is -2.28. The molecule has 3 heterocycles. The molecule has 1 fully saturated rings. The van der Waals surface area contributed by atoms with Gasteiger partial charge in [0.15, 0.2) is 0 Å². The molecule has 0 aliphatic carbocycles. The summed E-state index contributed by atoms with van der Waals surface area (Å²) >= 11 is 0. The van der Waals surface area contributed by atoms with Crippen LogP contribution in [0.2, 0.25) is 0 Å². The van der Waals surface area contributed by atoms with Crippen molar-refractivity contribution in [2.45, 2.75) is 38.5 Å². The van der Waals surface area contributed by atoms with E-state index in [2.05, 4.69) is 33.4 Å². The van der Waals surface area contributed by atoms with Gasteiger partial charge in [-0.05, 0) is 37.8 Å². The van der Waals surface area contributed by atoms with Crippen LogP contribution in [0.5, 0.6) is 0 Å². The van der Waals surface area contributed by atoms with Crippen LogP contribution < -0.4 is 0 Å². The highest BCUT2D eigenvalue weighted by Gasteiger charge is 2.31. The van der Waals surface area contributed by atoms with Gasteiger partial charge in [0, 0.05) is 37.5 Å². The molecule has 0 saturated carbocycles. The van der Waals surface area contributed by atoms with Crippen molar-refractivity contribution in [2.24, 2.45) is 7.05 Å². The van der Waals surface area contributed by atoms with Crippen molar-refractivity contribution in [2.75, 3.05) is 13.1 Å². The monoisotopic (exact) mass is 429 g/mol. The highest BCUT2D eigenvalue weighted by Crippen LogP contribution is 2.29. The van der Waals surface area contributed by atoms with Gasteiger partial charge in [-0.15, -0.1) is 0 Å². The predicted octanol–water partition coefficient (Wildman–Crippen LogP) is 4.27. The first-order valence-corrected chi connectivity index (χ1v) is 11.2. The second-order valence-electron chi connectivity index (χ2n) is 8.56. The van der Waals surface area contributed by atoms with Gasteiger partial charge < -0.3 is 9.42 Å². The van der Waals surface area contributed by atoms with Gasteiger partial charge in [0.1, 0.15) is 0 Å². The topological polar surface area (TPSA) is 77.0 Å². The summed E-state index contributed by atoms with van der Waals surface area (Å²) in [4.78, 5) is 19.2. The zero-order valence-corrected chi connectivity index (χ0v) is 18.5. The van der Waals surface area contributed by atoms with Crippen molar-refractivity contribution in [3.63, 3.8) is 0 Å². The molecule has 5 rings (SSSR count). The highest BCUT2D eigenvalue weighted by atomic mass is 16.5. The summed E-state index contributed by atoms with van der Waals surface area (Å²) in [6.07, 6.45) is 3.22. The van der Waals surface area contributed by atoms with E-state index in [-0.39, 0.29) is 11.8 Å². The summed E-state index contributed by atoms with van der Waals surface area (Å²) in [6, 6.07) is 16.4. The van der Waals surface area contributed by atoms with E-state index in [1.807, 2.05) is 53.9 Å². The maximum atomic E-state index is 12.6. The molecule has 0 bridgehead atoms. The number of carbonyl (C=O) groups excluding carboxylic acids is 1. The van der Waals surface area contributed by atoms with Crippen molar-refractivity contribution in [3.8, 4) is 11.4 Å². The number of hydrogen-bond acceptors (Lipinski definition) is 5. The van der Waals surface area contributed by atoms with E-state index in [0.29, 0.717) is 24.7 Å². The highest BCUT2D eigenvalue weighted by molar-refractivity contribution is 5.85. The van der Waals surface area contributed by atoms with Gasteiger partial charge in [-0.3, -0.25) is 9.48 Å². The summed E-state index contributed by atoms with van der Waals surface area (Å²) in [7, 11) is 1.94. The van der Waals surface area contributed by atoms with Crippen LogP contribution in [0.3, 0.4) is 0 Å². The lowest BCUT2D eigenvalue weighted by Gasteiger charge is -2.15. The standard InChI is InChI=1S/C25H27N5O2/c1-17-21-12-11-19(15-22(21)29(2)27-17)24-26-25(32-28-24)20-13-14-30(16-20)23(31)10-6-9-18-7-4-3-5-8-18/h3-5,7-8,11-12,15,20H,6,9-10,13-14,16H2,1-2H3. The molecular formula is C25H27N5O2. The SMILES string of the molecule is Cc1nn(C)c2cc(-c3noc(C4CCN(C(=O)CCCc5ccccc5)C4)n3)ccc12. The minimum Gasteiger partial charge on any atom is -0.342 e. The third-order valence-corrected chi connectivity index (χ3v) is 6.33. The smallest absolute Gasteiger partial charge is 0.231 e. The summed E-state index contributed by atoms with van der Waals surface area (Å²) < 4.78 is 7.46. The number of aromatic nitrogens is 4. The second-order valence-corrected chi connectivity index (χ2v) is 8.56. The fourth-order valence-electron chi connectivity index (χ4n) is 4.53. The molecule has 0 spiro atoms. The quantitative estimate of drug-likeness (QED) is 0.457. The number of fused-ring (bicyclic) bond motifs is 1. The van der Waals surface area contributed by atoms with Crippen LogP contribution in [0.25, 0.3) is 22.3 Å². The van der Waals surface area contributed by atoms with Gasteiger partial charge in [-0.25, -0.2) is 0 Å². The Kier molecular flexibility index (Phi) is 5.47. The van der Waals surface area contributed by atoms with Gasteiger partial charge in [-0.2, -0.15) is 10.1 Å². The van der Waals surface area contributed by atoms with Crippen LogP contribution in [-0.2, 0) is 18.3 Å². The first-order chi connectivity index (χ1) is 15.6. The fourth-order valence-corrected chi connectivity index (χ4v) is 4.53. The fraction of sp³-hybridized carbons (Fsp3) is 0.360. The molecule has 1 amide bonds. The van der Waals surface area contributed by atoms with Gasteiger partial charge in [0.05, 0.1) is 17.1 Å². The minimum atomic E-state index is 0.0944. The van der Waals surface area contributed by atoms with Gasteiger partial charge >= 0.3 is 0 Å². The molecule has 164 valence electrons. The van der Waals surface area contributed by atoms with Gasteiger partial charge in [-0.1, -0.05) is 47.6 Å². The Hall–Kier alpha value is -3.48. The van der Waals surface area contributed by atoms with Crippen molar-refractivity contribution in [1.82, 2.24) is 24.8 Å². The summed E-state index contributed by atoms with van der Waals surface area (Å²) in [5.41, 5.74) is 4.22. The summed E-state index contributed by atoms with van der Waals surface area (Å²) in [5, 5.41) is 9.80. The Morgan fingerprint density at radius 1 is 1.19 bits per heavy atom. The van der Waals surface area contributed by atoms with Crippen molar-refractivity contribution >= 4 is 16.8 Å². The number of nitrogens with zero attached hydrogens (tertiary/aromatic N) is 5. The van der Waals surface area contributed by atoms with Crippen molar-refractivity contribution < 1.29 is 9.32 Å². The van der Waals surface area contributed by atoms with Gasteiger partial charge in [0.2, 0.25) is 17.6 Å². The Morgan fingerprint density at radius 2 is 2.03 bits per heavy atom. The van der Waals surface area contributed by atoms with Crippen LogP contribution in [0, 0.1) is 6.92 Å². The van der Waals surface area contributed by atoms with Crippen LogP contribution in [0.15, 0.2) is 53.1 Å². The third kappa shape index (κ3) is 4.02. The van der Waals surface area contributed by atoms with E-state index in [0.717, 1.165) is 48.0 Å². The molecule has 7 nitrogen and oxygen atoms in total. The zero-order chi connectivity index (χ0) is 22.1. The number of likely N-dealkylation sites (tertiary alicyclic amines) is 1. The molecule has 1 atom stereocenters. The Morgan fingerprint density at radius 3 is 2.88 bits per heavy atom. The number of carbonyl (C=O) groups is 1. The molecule has 7 heteroatoms. The number of aryl methyl sites for hydroxylation is 3. The largest absolute Gasteiger partial charge is 0.342 e. The van der Waals surface area contributed by atoms with Crippen LogP contribution in [0.1, 0.15) is 42.3 Å². The molecule has 4 aromatic rings. The van der Waals surface area contributed by atoms with Crippen LogP contribution in [-0.4, -0.2) is 43.8 Å². The molecular weight excluding hydrogens is 402 g/mol. The molecule has 1 aliphatic rings. The van der Waals surface area contributed by atoms with Crippen molar-refractivity contribution in [1.29, 1.82) is 0 Å². The average molecular weight is 430 g/mol. The normalized spacial score (nSPS) is 16.2. The Bertz CT molecular complexity index is 1240. The first-order valence-electron chi connectivity index (χ1n) is 11.2. The van der Waals surface area contributed by atoms with Gasteiger partial charge in [0.25, 0.3) is 0 Å². The molecule has 2 aromatic carbocycles. The molecule has 1 saturated heterocycles.